The molecule has 0 spiro atoms. The second kappa shape index (κ2) is 4.23. The minimum atomic E-state index is -0.371. The number of pyridine rings is 1. The van der Waals surface area contributed by atoms with Crippen molar-refractivity contribution in [3.63, 3.8) is 0 Å². The first-order valence-corrected chi connectivity index (χ1v) is 4.85. The van der Waals surface area contributed by atoms with Gasteiger partial charge >= 0.3 is 6.21 Å². The lowest BCUT2D eigenvalue weighted by atomic mass is 10.1. The van der Waals surface area contributed by atoms with Crippen molar-refractivity contribution in [1.29, 1.82) is 0 Å². The molecular weight excluding hydrogens is 226 g/mol. The van der Waals surface area contributed by atoms with Crippen LogP contribution in [0.5, 0.6) is 0 Å². The van der Waals surface area contributed by atoms with Crippen molar-refractivity contribution in [3.8, 4) is 0 Å². The Balaban J connectivity index is 2.58. The van der Waals surface area contributed by atoms with E-state index in [2.05, 4.69) is 9.77 Å². The Morgan fingerprint density at radius 1 is 1.44 bits per heavy atom. The highest BCUT2D eigenvalue weighted by Gasteiger charge is 2.07. The zero-order valence-electron chi connectivity index (χ0n) is 8.09. The maximum Gasteiger partial charge on any atom is 0.328 e. The van der Waals surface area contributed by atoms with Gasteiger partial charge in [-0.2, -0.15) is 4.79 Å². The quantitative estimate of drug-likeness (QED) is 0.345. The monoisotopic (exact) mass is 231 g/mol. The van der Waals surface area contributed by atoms with E-state index in [-0.39, 0.29) is 5.78 Å². The van der Waals surface area contributed by atoms with E-state index in [9.17, 15) is 4.79 Å². The number of benzene rings is 1. The Morgan fingerprint density at radius 2 is 2.25 bits per heavy atom. The summed E-state index contributed by atoms with van der Waals surface area (Å²) in [5, 5.41) is 1.28. The highest BCUT2D eigenvalue weighted by molar-refractivity contribution is 6.34. The Kier molecular flexibility index (Phi) is 2.77. The number of carbonyl (C=O) groups is 1. The van der Waals surface area contributed by atoms with E-state index >= 15 is 0 Å². The fourth-order valence-corrected chi connectivity index (χ4v) is 1.55. The third kappa shape index (κ3) is 1.98. The lowest BCUT2D eigenvalue weighted by molar-refractivity contribution is 0.00235. The van der Waals surface area contributed by atoms with Crippen molar-refractivity contribution in [2.24, 2.45) is 0 Å². The SMILES string of the molecule is [N-]=[N+]=CC(=O)c1ccc2ncc(Cl)cc2c1. The van der Waals surface area contributed by atoms with Crippen molar-refractivity contribution < 1.29 is 9.58 Å². The summed E-state index contributed by atoms with van der Waals surface area (Å²) in [6, 6.07) is 6.70. The number of hydrogen-bond acceptors (Lipinski definition) is 2. The molecule has 4 nitrogen and oxygen atoms in total. The van der Waals surface area contributed by atoms with Crippen molar-refractivity contribution >= 4 is 34.5 Å². The summed E-state index contributed by atoms with van der Waals surface area (Å²) < 4.78 is 0. The zero-order valence-corrected chi connectivity index (χ0v) is 8.85. The molecule has 0 saturated carbocycles. The topological polar surface area (TPSA) is 66.4 Å². The molecule has 1 aromatic carbocycles. The van der Waals surface area contributed by atoms with Crippen LogP contribution >= 0.6 is 11.6 Å². The smallest absolute Gasteiger partial charge is 0.328 e. The predicted octanol–water partition coefficient (Wildman–Crippen LogP) is 2.37. The number of carbonyl (C=O) groups excluding carboxylic acids is 1. The van der Waals surface area contributed by atoms with Crippen LogP contribution in [0.4, 0.5) is 0 Å². The summed E-state index contributed by atoms with van der Waals surface area (Å²) in [5.41, 5.74) is 9.45. The van der Waals surface area contributed by atoms with Gasteiger partial charge in [-0.05, 0) is 24.3 Å². The number of ketones is 1. The molecule has 0 aliphatic carbocycles. The van der Waals surface area contributed by atoms with Gasteiger partial charge in [-0.25, -0.2) is 0 Å². The van der Waals surface area contributed by atoms with Crippen LogP contribution in [0.2, 0.25) is 5.02 Å². The molecular formula is C11H6ClN3O. The van der Waals surface area contributed by atoms with Crippen LogP contribution in [0, 0.1) is 0 Å². The van der Waals surface area contributed by atoms with Gasteiger partial charge in [0.05, 0.1) is 10.5 Å². The molecule has 0 unspecified atom stereocenters. The number of fused-ring (bicyclic) bond motifs is 1. The molecule has 1 heterocycles. The first-order chi connectivity index (χ1) is 7.70. The molecule has 0 saturated heterocycles. The fraction of sp³-hybridized carbons (Fsp3) is 0. The van der Waals surface area contributed by atoms with Crippen LogP contribution in [0.25, 0.3) is 16.4 Å². The van der Waals surface area contributed by atoms with Gasteiger partial charge in [0.2, 0.25) is 0 Å². The average Bonchev–Trinajstić information content (AvgIpc) is 2.28. The predicted molar refractivity (Wildman–Crippen MR) is 60.8 cm³/mol. The summed E-state index contributed by atoms with van der Waals surface area (Å²) in [4.78, 5) is 18.2. The first kappa shape index (κ1) is 10.5. The molecule has 78 valence electrons. The van der Waals surface area contributed by atoms with E-state index < -0.39 is 0 Å². The van der Waals surface area contributed by atoms with Crippen LogP contribution < -0.4 is 0 Å². The molecule has 5 heteroatoms. The molecule has 0 amide bonds. The highest BCUT2D eigenvalue weighted by Crippen LogP contribution is 2.18. The maximum absolute atomic E-state index is 11.4. The Hall–Kier alpha value is -2.03. The number of rotatable bonds is 2. The van der Waals surface area contributed by atoms with E-state index in [4.69, 9.17) is 17.1 Å². The third-order valence-corrected chi connectivity index (χ3v) is 2.31. The minimum absolute atomic E-state index is 0.371. The second-order valence-electron chi connectivity index (χ2n) is 3.17. The molecule has 2 aromatic rings. The van der Waals surface area contributed by atoms with Crippen LogP contribution in [0.15, 0.2) is 30.5 Å². The van der Waals surface area contributed by atoms with Crippen molar-refractivity contribution in [2.75, 3.05) is 0 Å². The van der Waals surface area contributed by atoms with E-state index in [0.717, 1.165) is 17.1 Å². The lowest BCUT2D eigenvalue weighted by Crippen LogP contribution is -2.00. The molecule has 0 N–H and O–H groups in total. The van der Waals surface area contributed by atoms with Gasteiger partial charge in [0, 0.05) is 17.1 Å². The van der Waals surface area contributed by atoms with Gasteiger partial charge in [0.15, 0.2) is 0 Å². The number of aromatic nitrogens is 1. The number of nitrogens with zero attached hydrogens (tertiary/aromatic N) is 3. The van der Waals surface area contributed by atoms with Gasteiger partial charge in [-0.3, -0.25) is 9.78 Å². The Bertz CT molecular complexity index is 618. The van der Waals surface area contributed by atoms with E-state index in [1.807, 2.05) is 0 Å². The molecule has 0 aliphatic heterocycles. The van der Waals surface area contributed by atoms with Crippen LogP contribution in [-0.4, -0.2) is 21.8 Å². The number of Topliss-reactive ketones (excluding diaryl/α,β-unsaturated/α-hetero) is 1. The van der Waals surface area contributed by atoms with Gasteiger partial charge in [0.1, 0.15) is 0 Å². The van der Waals surface area contributed by atoms with E-state index in [0.29, 0.717) is 10.6 Å². The molecule has 0 radical (unpaired) electrons. The van der Waals surface area contributed by atoms with Gasteiger partial charge < -0.3 is 5.53 Å². The highest BCUT2D eigenvalue weighted by atomic mass is 35.5. The minimum Gasteiger partial charge on any atom is -0.361 e. The van der Waals surface area contributed by atoms with Gasteiger partial charge in [-0.1, -0.05) is 11.6 Å². The molecule has 0 atom stereocenters. The Morgan fingerprint density at radius 3 is 3.00 bits per heavy atom. The van der Waals surface area contributed by atoms with E-state index in [1.54, 1.807) is 30.5 Å². The van der Waals surface area contributed by atoms with Crippen molar-refractivity contribution in [1.82, 2.24) is 4.98 Å². The van der Waals surface area contributed by atoms with Crippen molar-refractivity contribution in [3.05, 3.63) is 46.6 Å². The summed E-state index contributed by atoms with van der Waals surface area (Å²) in [5.74, 6) is -0.371. The standard InChI is InChI=1S/C11H6ClN3O/c12-9-4-8-3-7(11(16)6-15-13)1-2-10(8)14-5-9/h1-6H. The lowest BCUT2D eigenvalue weighted by Gasteiger charge is -1.99. The summed E-state index contributed by atoms with van der Waals surface area (Å²) in [6.45, 7) is 0. The molecule has 0 bridgehead atoms. The molecule has 0 fully saturated rings. The molecule has 1 aromatic heterocycles. The zero-order chi connectivity index (χ0) is 11.5. The number of hydrogen-bond donors (Lipinski definition) is 0. The van der Waals surface area contributed by atoms with Crippen LogP contribution in [-0.2, 0) is 0 Å². The fourth-order valence-electron chi connectivity index (χ4n) is 1.38. The first-order valence-electron chi connectivity index (χ1n) is 4.48. The average molecular weight is 232 g/mol. The van der Waals surface area contributed by atoms with Crippen LogP contribution in [0.3, 0.4) is 0 Å². The molecule has 16 heavy (non-hydrogen) atoms. The van der Waals surface area contributed by atoms with Crippen molar-refractivity contribution in [2.45, 2.75) is 0 Å². The normalized spacial score (nSPS) is 9.81. The van der Waals surface area contributed by atoms with Crippen LogP contribution in [0.1, 0.15) is 10.4 Å². The molecule has 0 aliphatic rings. The van der Waals surface area contributed by atoms with Gasteiger partial charge in [-0.15, -0.1) is 0 Å². The van der Waals surface area contributed by atoms with E-state index in [1.165, 1.54) is 0 Å². The number of halogens is 1. The Labute approximate surface area is 96.1 Å². The summed E-state index contributed by atoms with van der Waals surface area (Å²) in [6.07, 6.45) is 2.39. The molecule has 2 rings (SSSR count). The van der Waals surface area contributed by atoms with Gasteiger partial charge in [0.25, 0.3) is 5.78 Å². The maximum atomic E-state index is 11.4. The third-order valence-electron chi connectivity index (χ3n) is 2.11. The largest absolute Gasteiger partial charge is 0.361 e. The second-order valence-corrected chi connectivity index (χ2v) is 3.61. The summed E-state index contributed by atoms with van der Waals surface area (Å²) >= 11 is 5.80. The summed E-state index contributed by atoms with van der Waals surface area (Å²) in [7, 11) is 0.